The Kier molecular flexibility index (Phi) is 3.58. The standard InChI is InChI=1S/C17H16FN3S/c18-13-5-7-14(8-6-13)21-16(12-3-2-10-22-11-12)20-15-4-1-9-19-17(15)21/h1,4-9,12H,2-3,10-11H2. The second-order valence-electron chi connectivity index (χ2n) is 5.54. The van der Waals surface area contributed by atoms with Crippen molar-refractivity contribution < 1.29 is 4.39 Å². The zero-order valence-electron chi connectivity index (χ0n) is 12.1. The summed E-state index contributed by atoms with van der Waals surface area (Å²) in [7, 11) is 0. The molecular formula is C17H16FN3S. The Morgan fingerprint density at radius 2 is 2.05 bits per heavy atom. The largest absolute Gasteiger partial charge is 0.280 e. The van der Waals surface area contributed by atoms with Crippen LogP contribution in [0.4, 0.5) is 4.39 Å². The number of nitrogens with zero attached hydrogens (tertiary/aromatic N) is 3. The van der Waals surface area contributed by atoms with Gasteiger partial charge < -0.3 is 0 Å². The summed E-state index contributed by atoms with van der Waals surface area (Å²) in [5.74, 6) is 3.57. The zero-order valence-corrected chi connectivity index (χ0v) is 12.9. The van der Waals surface area contributed by atoms with Gasteiger partial charge in [-0.2, -0.15) is 11.8 Å². The van der Waals surface area contributed by atoms with Gasteiger partial charge in [-0.05, 0) is 55.0 Å². The summed E-state index contributed by atoms with van der Waals surface area (Å²) in [4.78, 5) is 9.32. The van der Waals surface area contributed by atoms with Gasteiger partial charge in [-0.15, -0.1) is 0 Å². The molecule has 0 saturated carbocycles. The molecule has 1 atom stereocenters. The van der Waals surface area contributed by atoms with Crippen LogP contribution in [-0.2, 0) is 0 Å². The summed E-state index contributed by atoms with van der Waals surface area (Å²) in [6.07, 6.45) is 4.15. The number of thioether (sulfide) groups is 1. The van der Waals surface area contributed by atoms with Crippen molar-refractivity contribution in [1.82, 2.24) is 14.5 Å². The number of hydrogen-bond acceptors (Lipinski definition) is 3. The highest BCUT2D eigenvalue weighted by molar-refractivity contribution is 7.99. The highest BCUT2D eigenvalue weighted by Gasteiger charge is 2.23. The van der Waals surface area contributed by atoms with E-state index in [0.29, 0.717) is 5.92 Å². The first kappa shape index (κ1) is 13.8. The Hall–Kier alpha value is -1.88. The fourth-order valence-electron chi connectivity index (χ4n) is 2.99. The smallest absolute Gasteiger partial charge is 0.164 e. The molecule has 2 aromatic heterocycles. The minimum Gasteiger partial charge on any atom is -0.280 e. The van der Waals surface area contributed by atoms with Gasteiger partial charge in [-0.25, -0.2) is 14.4 Å². The quantitative estimate of drug-likeness (QED) is 0.711. The third kappa shape index (κ3) is 2.39. The Balaban J connectivity index is 1.91. The van der Waals surface area contributed by atoms with Crippen molar-refractivity contribution in [2.75, 3.05) is 11.5 Å². The van der Waals surface area contributed by atoms with E-state index in [4.69, 9.17) is 4.98 Å². The molecule has 0 N–H and O–H groups in total. The van der Waals surface area contributed by atoms with Crippen molar-refractivity contribution in [1.29, 1.82) is 0 Å². The van der Waals surface area contributed by atoms with Crippen LogP contribution in [0.25, 0.3) is 16.9 Å². The Morgan fingerprint density at radius 3 is 2.82 bits per heavy atom. The number of pyridine rings is 1. The molecule has 3 aromatic rings. The van der Waals surface area contributed by atoms with Gasteiger partial charge in [0.05, 0.1) is 0 Å². The summed E-state index contributed by atoms with van der Waals surface area (Å²) in [6, 6.07) is 10.5. The minimum atomic E-state index is -0.226. The van der Waals surface area contributed by atoms with Crippen molar-refractivity contribution in [2.45, 2.75) is 18.8 Å². The monoisotopic (exact) mass is 313 g/mol. The van der Waals surface area contributed by atoms with Crippen LogP contribution in [0.2, 0.25) is 0 Å². The van der Waals surface area contributed by atoms with Crippen LogP contribution in [0.3, 0.4) is 0 Å². The second-order valence-corrected chi connectivity index (χ2v) is 6.69. The van der Waals surface area contributed by atoms with E-state index in [2.05, 4.69) is 9.55 Å². The summed E-state index contributed by atoms with van der Waals surface area (Å²) in [6.45, 7) is 0. The first-order valence-electron chi connectivity index (χ1n) is 7.50. The van der Waals surface area contributed by atoms with Crippen molar-refractivity contribution in [2.24, 2.45) is 0 Å². The highest BCUT2D eigenvalue weighted by atomic mass is 32.2. The van der Waals surface area contributed by atoms with Gasteiger partial charge in [0.15, 0.2) is 5.65 Å². The van der Waals surface area contributed by atoms with E-state index in [1.54, 1.807) is 18.3 Å². The maximum absolute atomic E-state index is 13.3. The third-order valence-electron chi connectivity index (χ3n) is 4.05. The molecule has 1 fully saturated rings. The number of hydrogen-bond donors (Lipinski definition) is 0. The van der Waals surface area contributed by atoms with Crippen LogP contribution < -0.4 is 0 Å². The lowest BCUT2D eigenvalue weighted by atomic mass is 10.0. The van der Waals surface area contributed by atoms with Gasteiger partial charge >= 0.3 is 0 Å². The lowest BCUT2D eigenvalue weighted by Crippen LogP contribution is -2.14. The molecule has 1 saturated heterocycles. The average Bonchev–Trinajstić information content (AvgIpc) is 2.96. The average molecular weight is 313 g/mol. The van der Waals surface area contributed by atoms with E-state index in [1.165, 1.54) is 24.3 Å². The maximum Gasteiger partial charge on any atom is 0.164 e. The summed E-state index contributed by atoms with van der Waals surface area (Å²) >= 11 is 1.98. The molecule has 1 unspecified atom stereocenters. The van der Waals surface area contributed by atoms with E-state index < -0.39 is 0 Å². The molecule has 1 aromatic carbocycles. The molecule has 1 aliphatic heterocycles. The fraction of sp³-hybridized carbons (Fsp3) is 0.294. The normalized spacial score (nSPS) is 18.7. The number of imidazole rings is 1. The van der Waals surface area contributed by atoms with Crippen molar-refractivity contribution >= 4 is 22.9 Å². The molecule has 3 heterocycles. The molecule has 112 valence electrons. The Bertz CT molecular complexity index is 791. The Labute approximate surface area is 132 Å². The SMILES string of the molecule is Fc1ccc(-n2c(C3CCCSC3)nc3cccnc32)cc1. The lowest BCUT2D eigenvalue weighted by molar-refractivity contribution is 0.614. The molecule has 0 aliphatic carbocycles. The van der Waals surface area contributed by atoms with E-state index in [9.17, 15) is 4.39 Å². The van der Waals surface area contributed by atoms with Crippen LogP contribution in [0.15, 0.2) is 42.6 Å². The number of halogens is 1. The van der Waals surface area contributed by atoms with Crippen LogP contribution in [-0.4, -0.2) is 26.0 Å². The third-order valence-corrected chi connectivity index (χ3v) is 5.27. The number of benzene rings is 1. The molecule has 0 radical (unpaired) electrons. The van der Waals surface area contributed by atoms with Gasteiger partial charge in [0.1, 0.15) is 17.2 Å². The van der Waals surface area contributed by atoms with Gasteiger partial charge in [0, 0.05) is 23.6 Å². The summed E-state index contributed by atoms with van der Waals surface area (Å²) in [5.41, 5.74) is 2.67. The van der Waals surface area contributed by atoms with E-state index in [1.807, 2.05) is 23.9 Å². The molecule has 1 aliphatic rings. The first-order valence-corrected chi connectivity index (χ1v) is 8.65. The molecule has 0 amide bonds. The van der Waals surface area contributed by atoms with Crippen molar-refractivity contribution in [3.63, 3.8) is 0 Å². The molecule has 4 rings (SSSR count). The van der Waals surface area contributed by atoms with E-state index in [0.717, 1.165) is 34.8 Å². The Morgan fingerprint density at radius 1 is 1.18 bits per heavy atom. The van der Waals surface area contributed by atoms with Gasteiger partial charge in [-0.1, -0.05) is 0 Å². The van der Waals surface area contributed by atoms with Gasteiger partial charge in [0.25, 0.3) is 0 Å². The van der Waals surface area contributed by atoms with Crippen LogP contribution >= 0.6 is 11.8 Å². The molecule has 0 bridgehead atoms. The number of aromatic nitrogens is 3. The van der Waals surface area contributed by atoms with Gasteiger partial charge in [0.2, 0.25) is 0 Å². The molecule has 0 spiro atoms. The van der Waals surface area contributed by atoms with Crippen LogP contribution in [0.1, 0.15) is 24.6 Å². The van der Waals surface area contributed by atoms with Crippen LogP contribution in [0.5, 0.6) is 0 Å². The summed E-state index contributed by atoms with van der Waals surface area (Å²) in [5, 5.41) is 0. The van der Waals surface area contributed by atoms with Crippen LogP contribution in [0, 0.1) is 5.82 Å². The zero-order chi connectivity index (χ0) is 14.9. The number of fused-ring (bicyclic) bond motifs is 1. The molecular weight excluding hydrogens is 297 g/mol. The fourth-order valence-corrected chi connectivity index (χ4v) is 4.13. The maximum atomic E-state index is 13.3. The topological polar surface area (TPSA) is 30.7 Å². The predicted octanol–water partition coefficient (Wildman–Crippen LogP) is 4.17. The van der Waals surface area contributed by atoms with Crippen molar-refractivity contribution in [3.05, 3.63) is 54.2 Å². The van der Waals surface area contributed by atoms with Gasteiger partial charge in [-0.3, -0.25) is 4.57 Å². The van der Waals surface area contributed by atoms with E-state index in [-0.39, 0.29) is 5.82 Å². The second kappa shape index (κ2) is 5.72. The highest BCUT2D eigenvalue weighted by Crippen LogP contribution is 2.33. The van der Waals surface area contributed by atoms with E-state index >= 15 is 0 Å². The molecule has 5 heteroatoms. The van der Waals surface area contributed by atoms with Crippen molar-refractivity contribution in [3.8, 4) is 5.69 Å². The number of rotatable bonds is 2. The predicted molar refractivity (Wildman–Crippen MR) is 88.1 cm³/mol. The minimum absolute atomic E-state index is 0.226. The first-order chi connectivity index (χ1) is 10.8. The summed E-state index contributed by atoms with van der Waals surface area (Å²) < 4.78 is 15.3. The molecule has 22 heavy (non-hydrogen) atoms. The molecule has 3 nitrogen and oxygen atoms in total. The lowest BCUT2D eigenvalue weighted by Gasteiger charge is -2.21.